The number of benzene rings is 1. The van der Waals surface area contributed by atoms with Gasteiger partial charge in [0.2, 0.25) is 0 Å². The maximum atomic E-state index is 14.6. The average Bonchev–Trinajstić information content (AvgIpc) is 3.30. The standard InChI is InChI=1S/C21H18ClF2N3O3/c1-21(2)29-17-12(16(28)10-3-5-11(23)6-4-10)7-14(18(17)30-21)27-8-13(24)15-19(22)25-9-26-20(15)27/h3-6,8-9,12,14,17-18H,7H2,1-2H3/t12-,14-,17-,18+/m1/s1. The zero-order valence-electron chi connectivity index (χ0n) is 16.2. The molecule has 1 saturated heterocycles. The molecule has 30 heavy (non-hydrogen) atoms. The highest BCUT2D eigenvalue weighted by atomic mass is 35.5. The van der Waals surface area contributed by atoms with Crippen molar-refractivity contribution in [1.82, 2.24) is 14.5 Å². The number of Topliss-reactive ketones (excluding diaryl/α,β-unsaturated/α-hetero) is 1. The Morgan fingerprint density at radius 1 is 1.17 bits per heavy atom. The van der Waals surface area contributed by atoms with Gasteiger partial charge in [0.1, 0.15) is 29.0 Å². The van der Waals surface area contributed by atoms with Gasteiger partial charge in [0.25, 0.3) is 0 Å². The summed E-state index contributed by atoms with van der Waals surface area (Å²) in [7, 11) is 0. The van der Waals surface area contributed by atoms with Crippen LogP contribution in [0.25, 0.3) is 11.0 Å². The lowest BCUT2D eigenvalue weighted by Crippen LogP contribution is -2.30. The van der Waals surface area contributed by atoms with Gasteiger partial charge in [0.05, 0.1) is 23.4 Å². The molecule has 0 bridgehead atoms. The third-order valence-corrected chi connectivity index (χ3v) is 6.06. The van der Waals surface area contributed by atoms with Gasteiger partial charge in [-0.25, -0.2) is 18.7 Å². The summed E-state index contributed by atoms with van der Waals surface area (Å²) >= 11 is 6.07. The van der Waals surface area contributed by atoms with E-state index >= 15 is 0 Å². The lowest BCUT2D eigenvalue weighted by atomic mass is 9.94. The second-order valence-corrected chi connectivity index (χ2v) is 8.45. The fourth-order valence-electron chi connectivity index (χ4n) is 4.57. The van der Waals surface area contributed by atoms with Crippen LogP contribution >= 0.6 is 11.6 Å². The van der Waals surface area contributed by atoms with E-state index in [-0.39, 0.29) is 16.3 Å². The largest absolute Gasteiger partial charge is 0.344 e. The van der Waals surface area contributed by atoms with Crippen LogP contribution in [0.3, 0.4) is 0 Å². The smallest absolute Gasteiger partial charge is 0.168 e. The number of hydrogen-bond acceptors (Lipinski definition) is 5. The maximum absolute atomic E-state index is 14.6. The van der Waals surface area contributed by atoms with Crippen molar-refractivity contribution in [3.05, 3.63) is 59.1 Å². The van der Waals surface area contributed by atoms with Crippen molar-refractivity contribution in [3.63, 3.8) is 0 Å². The molecule has 1 aliphatic carbocycles. The van der Waals surface area contributed by atoms with Crippen LogP contribution in [0.1, 0.15) is 36.7 Å². The minimum absolute atomic E-state index is 0.0219. The molecule has 4 atom stereocenters. The van der Waals surface area contributed by atoms with E-state index < -0.39 is 41.6 Å². The molecule has 1 saturated carbocycles. The number of halogens is 3. The Hall–Kier alpha value is -2.42. The molecule has 3 aromatic rings. The van der Waals surface area contributed by atoms with Crippen molar-refractivity contribution >= 4 is 28.4 Å². The zero-order chi connectivity index (χ0) is 21.2. The summed E-state index contributed by atoms with van der Waals surface area (Å²) in [5, 5.41) is 0.149. The summed E-state index contributed by atoms with van der Waals surface area (Å²) in [6.07, 6.45) is 1.92. The molecular weight excluding hydrogens is 416 g/mol. The minimum Gasteiger partial charge on any atom is -0.344 e. The Balaban J connectivity index is 1.57. The maximum Gasteiger partial charge on any atom is 0.168 e. The van der Waals surface area contributed by atoms with Crippen molar-refractivity contribution < 1.29 is 23.0 Å². The first-order chi connectivity index (χ1) is 14.2. The quantitative estimate of drug-likeness (QED) is 0.454. The Kier molecular flexibility index (Phi) is 4.43. The summed E-state index contributed by atoms with van der Waals surface area (Å²) in [4.78, 5) is 21.3. The number of fused-ring (bicyclic) bond motifs is 2. The number of ether oxygens (including phenoxy) is 2. The van der Waals surface area contributed by atoms with Gasteiger partial charge in [-0.1, -0.05) is 11.6 Å². The Morgan fingerprint density at radius 2 is 1.87 bits per heavy atom. The molecule has 5 rings (SSSR count). The molecule has 0 spiro atoms. The van der Waals surface area contributed by atoms with E-state index in [9.17, 15) is 13.6 Å². The molecule has 0 amide bonds. The van der Waals surface area contributed by atoms with Crippen molar-refractivity contribution in [2.45, 2.75) is 44.3 Å². The highest BCUT2D eigenvalue weighted by Crippen LogP contribution is 2.49. The van der Waals surface area contributed by atoms with Crippen molar-refractivity contribution in [3.8, 4) is 0 Å². The lowest BCUT2D eigenvalue weighted by Gasteiger charge is -2.24. The summed E-state index contributed by atoms with van der Waals surface area (Å²) in [6.45, 7) is 3.55. The molecule has 1 aromatic carbocycles. The van der Waals surface area contributed by atoms with Gasteiger partial charge in [-0.2, -0.15) is 0 Å². The van der Waals surface area contributed by atoms with E-state index in [4.69, 9.17) is 21.1 Å². The Morgan fingerprint density at radius 3 is 2.60 bits per heavy atom. The number of carbonyl (C=O) groups is 1. The molecule has 0 unspecified atom stereocenters. The number of ketones is 1. The summed E-state index contributed by atoms with van der Waals surface area (Å²) in [5.41, 5.74) is 0.724. The first-order valence-electron chi connectivity index (χ1n) is 9.57. The molecule has 3 heterocycles. The summed E-state index contributed by atoms with van der Waals surface area (Å²) < 4.78 is 41.7. The van der Waals surface area contributed by atoms with Crippen LogP contribution in [0.4, 0.5) is 8.78 Å². The van der Waals surface area contributed by atoms with Gasteiger partial charge in [-0.3, -0.25) is 4.79 Å². The van der Waals surface area contributed by atoms with Crippen molar-refractivity contribution in [2.75, 3.05) is 0 Å². The Bertz CT molecular complexity index is 1150. The van der Waals surface area contributed by atoms with Crippen LogP contribution in [0, 0.1) is 17.6 Å². The third kappa shape index (κ3) is 3.02. The topological polar surface area (TPSA) is 66.2 Å². The predicted molar refractivity (Wildman–Crippen MR) is 104 cm³/mol. The van der Waals surface area contributed by atoms with Crippen LogP contribution in [-0.4, -0.2) is 38.3 Å². The van der Waals surface area contributed by atoms with Gasteiger partial charge < -0.3 is 14.0 Å². The number of aromatic nitrogens is 3. The molecule has 0 radical (unpaired) electrons. The Labute approximate surface area is 175 Å². The SMILES string of the molecule is CC1(C)O[C@@H]2[C@H](O1)[C@@H](C(=O)c1ccc(F)cc1)C[C@H]2n1cc(F)c2c(Cl)ncnc21. The molecule has 6 nitrogen and oxygen atoms in total. The predicted octanol–water partition coefficient (Wildman–Crippen LogP) is 4.33. The fourth-order valence-corrected chi connectivity index (χ4v) is 4.79. The van der Waals surface area contributed by atoms with E-state index in [1.807, 2.05) is 0 Å². The highest BCUT2D eigenvalue weighted by molar-refractivity contribution is 6.34. The monoisotopic (exact) mass is 433 g/mol. The minimum atomic E-state index is -0.899. The van der Waals surface area contributed by atoms with E-state index in [0.29, 0.717) is 17.6 Å². The molecule has 9 heteroatoms. The molecule has 1 aliphatic heterocycles. The highest BCUT2D eigenvalue weighted by Gasteiger charge is 2.56. The average molecular weight is 434 g/mol. The van der Waals surface area contributed by atoms with Gasteiger partial charge in [0, 0.05) is 11.8 Å². The summed E-state index contributed by atoms with van der Waals surface area (Å²) in [6, 6.07) is 5.02. The molecular formula is C21H18ClF2N3O3. The van der Waals surface area contributed by atoms with Gasteiger partial charge in [-0.15, -0.1) is 0 Å². The third-order valence-electron chi connectivity index (χ3n) is 5.77. The van der Waals surface area contributed by atoms with Gasteiger partial charge in [0.15, 0.2) is 17.4 Å². The van der Waals surface area contributed by atoms with Crippen LogP contribution in [0.5, 0.6) is 0 Å². The van der Waals surface area contributed by atoms with E-state index in [1.165, 1.54) is 36.8 Å². The molecule has 2 aliphatic rings. The molecule has 0 N–H and O–H groups in total. The first kappa shape index (κ1) is 19.5. The van der Waals surface area contributed by atoms with E-state index in [0.717, 1.165) is 0 Å². The fraction of sp³-hybridized carbons (Fsp3) is 0.381. The van der Waals surface area contributed by atoms with Crippen LogP contribution in [-0.2, 0) is 9.47 Å². The number of carbonyl (C=O) groups excluding carboxylic acids is 1. The molecule has 156 valence electrons. The summed E-state index contributed by atoms with van der Waals surface area (Å²) in [5.74, 6) is -2.56. The van der Waals surface area contributed by atoms with E-state index in [1.54, 1.807) is 18.4 Å². The number of hydrogen-bond donors (Lipinski definition) is 0. The number of rotatable bonds is 3. The second-order valence-electron chi connectivity index (χ2n) is 8.09. The first-order valence-corrected chi connectivity index (χ1v) is 9.95. The van der Waals surface area contributed by atoms with Crippen LogP contribution in [0.2, 0.25) is 5.15 Å². The van der Waals surface area contributed by atoms with Crippen LogP contribution < -0.4 is 0 Å². The molecule has 2 fully saturated rings. The van der Waals surface area contributed by atoms with Crippen LogP contribution in [0.15, 0.2) is 36.8 Å². The number of nitrogens with zero attached hydrogens (tertiary/aromatic N) is 3. The van der Waals surface area contributed by atoms with Gasteiger partial charge in [-0.05, 0) is 44.5 Å². The van der Waals surface area contributed by atoms with Crippen molar-refractivity contribution in [2.24, 2.45) is 5.92 Å². The van der Waals surface area contributed by atoms with E-state index in [2.05, 4.69) is 9.97 Å². The van der Waals surface area contributed by atoms with Gasteiger partial charge >= 0.3 is 0 Å². The molecule has 2 aromatic heterocycles. The van der Waals surface area contributed by atoms with Crippen molar-refractivity contribution in [1.29, 1.82) is 0 Å². The zero-order valence-corrected chi connectivity index (χ0v) is 16.9. The lowest BCUT2D eigenvalue weighted by molar-refractivity contribution is -0.158. The second kappa shape index (κ2) is 6.80. The normalized spacial score (nSPS) is 27.5.